The lowest BCUT2D eigenvalue weighted by Gasteiger charge is -2.09. The van der Waals surface area contributed by atoms with Crippen LogP contribution in [0.2, 0.25) is 0 Å². The number of aromatic nitrogens is 2. The van der Waals surface area contributed by atoms with Crippen molar-refractivity contribution in [1.82, 2.24) is 9.55 Å². The molecule has 2 heterocycles. The monoisotopic (exact) mass is 288 g/mol. The van der Waals surface area contributed by atoms with Gasteiger partial charge in [-0.2, -0.15) is 10.2 Å². The Balaban J connectivity index is 2.62. The van der Waals surface area contributed by atoms with Crippen LogP contribution in [0, 0.1) is 0 Å². The second kappa shape index (κ2) is 6.25. The van der Waals surface area contributed by atoms with Crippen LogP contribution in [0.4, 0.5) is 0 Å². The Hall–Kier alpha value is -2.57. The van der Waals surface area contributed by atoms with Crippen molar-refractivity contribution in [1.29, 1.82) is 0 Å². The minimum absolute atomic E-state index is 0.246. The average molecular weight is 288 g/mol. The summed E-state index contributed by atoms with van der Waals surface area (Å²) >= 11 is 0. The summed E-state index contributed by atoms with van der Waals surface area (Å²) in [7, 11) is 0. The van der Waals surface area contributed by atoms with Gasteiger partial charge in [-0.25, -0.2) is 9.78 Å². The molecule has 2 aromatic rings. The number of hydrogen-bond donors (Lipinski definition) is 1. The predicted octanol–water partition coefficient (Wildman–Crippen LogP) is 2.09. The highest BCUT2D eigenvalue weighted by molar-refractivity contribution is 5.91. The summed E-state index contributed by atoms with van der Waals surface area (Å²) in [5.41, 5.74) is 0.391. The number of hydrogen-bond acceptors (Lipinski definition) is 5. The zero-order chi connectivity index (χ0) is 15.4. The van der Waals surface area contributed by atoms with Gasteiger partial charge >= 0.3 is 5.97 Å². The number of fused-ring (bicyclic) bond motifs is 1. The van der Waals surface area contributed by atoms with Crippen LogP contribution in [0.1, 0.15) is 29.9 Å². The van der Waals surface area contributed by atoms with Crippen LogP contribution in [0.25, 0.3) is 11.0 Å². The number of pyridine rings is 2. The molecule has 2 aromatic heterocycles. The molecule has 0 fully saturated rings. The van der Waals surface area contributed by atoms with Crippen LogP contribution in [0.3, 0.4) is 0 Å². The lowest BCUT2D eigenvalue weighted by atomic mass is 10.2. The summed E-state index contributed by atoms with van der Waals surface area (Å²) < 4.78 is 1.65. The van der Waals surface area contributed by atoms with Gasteiger partial charge in [-0.1, -0.05) is 0 Å². The van der Waals surface area contributed by atoms with Gasteiger partial charge in [-0.05, 0) is 26.0 Å². The van der Waals surface area contributed by atoms with Crippen LogP contribution in [-0.4, -0.2) is 27.2 Å². The van der Waals surface area contributed by atoms with Gasteiger partial charge in [0.05, 0.1) is 17.6 Å². The highest BCUT2D eigenvalue weighted by Gasteiger charge is 2.15. The lowest BCUT2D eigenvalue weighted by molar-refractivity contribution is 0.0695. The number of aryl methyl sites for hydroxylation is 1. The van der Waals surface area contributed by atoms with E-state index in [0.29, 0.717) is 36.4 Å². The predicted molar refractivity (Wildman–Crippen MR) is 77.7 cm³/mol. The normalized spacial score (nSPS) is 11.3. The molecule has 0 atom stereocenters. The Bertz CT molecular complexity index is 765. The second-order valence-electron chi connectivity index (χ2n) is 4.39. The van der Waals surface area contributed by atoms with E-state index < -0.39 is 11.4 Å². The van der Waals surface area contributed by atoms with E-state index in [-0.39, 0.29) is 5.56 Å². The Morgan fingerprint density at radius 1 is 1.33 bits per heavy atom. The van der Waals surface area contributed by atoms with Crippen LogP contribution < -0.4 is 5.43 Å². The van der Waals surface area contributed by atoms with Gasteiger partial charge in [0.2, 0.25) is 5.43 Å². The molecule has 0 aliphatic carbocycles. The largest absolute Gasteiger partial charge is 0.477 e. The maximum Gasteiger partial charge on any atom is 0.341 e. The van der Waals surface area contributed by atoms with Gasteiger partial charge in [0.1, 0.15) is 17.8 Å². The highest BCUT2D eigenvalue weighted by atomic mass is 16.4. The van der Waals surface area contributed by atoms with E-state index in [4.69, 9.17) is 5.11 Å². The fourth-order valence-electron chi connectivity index (χ4n) is 2.01. The highest BCUT2D eigenvalue weighted by Crippen LogP contribution is 2.12. The number of azo groups is 1. The molecule has 0 saturated heterocycles. The molecule has 0 aliphatic rings. The molecule has 21 heavy (non-hydrogen) atoms. The first-order valence-corrected chi connectivity index (χ1v) is 6.68. The van der Waals surface area contributed by atoms with Gasteiger partial charge in [0.15, 0.2) is 0 Å². The van der Waals surface area contributed by atoms with Crippen LogP contribution in [0.5, 0.6) is 0 Å². The van der Waals surface area contributed by atoms with E-state index in [0.717, 1.165) is 0 Å². The van der Waals surface area contributed by atoms with Crippen LogP contribution in [0.15, 0.2) is 33.4 Å². The van der Waals surface area contributed by atoms with Crippen molar-refractivity contribution >= 4 is 17.0 Å². The number of carboxylic acid groups (broad SMARTS) is 1. The van der Waals surface area contributed by atoms with Crippen LogP contribution >= 0.6 is 0 Å². The van der Waals surface area contributed by atoms with Crippen molar-refractivity contribution in [3.05, 3.63) is 39.8 Å². The summed E-state index contributed by atoms with van der Waals surface area (Å²) in [6, 6.07) is 3.27. The minimum atomic E-state index is -1.23. The Kier molecular flexibility index (Phi) is 4.42. The van der Waals surface area contributed by atoms with E-state index in [2.05, 4.69) is 15.2 Å². The molecule has 2 rings (SSSR count). The number of carboxylic acids is 1. The number of carbonyl (C=O) groups is 1. The molecule has 110 valence electrons. The second-order valence-corrected chi connectivity index (χ2v) is 4.39. The molecule has 0 bridgehead atoms. The Labute approximate surface area is 121 Å². The first kappa shape index (κ1) is 14.8. The summed E-state index contributed by atoms with van der Waals surface area (Å²) in [6.45, 7) is 5.21. The minimum Gasteiger partial charge on any atom is -0.477 e. The zero-order valence-corrected chi connectivity index (χ0v) is 11.9. The lowest BCUT2D eigenvalue weighted by Crippen LogP contribution is -2.19. The summed E-state index contributed by atoms with van der Waals surface area (Å²) in [5.74, 6) is -1.23. The number of nitrogens with zero attached hydrogens (tertiary/aromatic N) is 4. The van der Waals surface area contributed by atoms with E-state index in [9.17, 15) is 9.59 Å². The third-order valence-electron chi connectivity index (χ3n) is 3.02. The fourth-order valence-corrected chi connectivity index (χ4v) is 2.01. The van der Waals surface area contributed by atoms with Crippen molar-refractivity contribution in [2.75, 3.05) is 6.54 Å². The molecule has 0 unspecified atom stereocenters. The molecule has 1 N–H and O–H groups in total. The molecular weight excluding hydrogens is 272 g/mol. The molecule has 0 saturated carbocycles. The fraction of sp³-hybridized carbons (Fsp3) is 0.357. The van der Waals surface area contributed by atoms with Crippen molar-refractivity contribution in [2.45, 2.75) is 26.9 Å². The van der Waals surface area contributed by atoms with Gasteiger partial charge in [0, 0.05) is 12.7 Å². The quantitative estimate of drug-likeness (QED) is 0.852. The first-order chi connectivity index (χ1) is 10.1. The standard InChI is InChI=1S/C14H16N4O3/c1-3-15-16-7-9-5-6-10-12(19)11(14(20)21)8-18(4-2)13(10)17-9/h5-6,8H,3-4,7H2,1-2H3,(H,20,21). The molecule has 7 heteroatoms. The summed E-state index contributed by atoms with van der Waals surface area (Å²) in [4.78, 5) is 27.6. The molecule has 0 spiro atoms. The van der Waals surface area contributed by atoms with Crippen molar-refractivity contribution < 1.29 is 9.90 Å². The molecule has 0 amide bonds. The Morgan fingerprint density at radius 2 is 2.10 bits per heavy atom. The smallest absolute Gasteiger partial charge is 0.341 e. The van der Waals surface area contributed by atoms with E-state index in [1.54, 1.807) is 16.7 Å². The topological polar surface area (TPSA) is 96.9 Å². The third kappa shape index (κ3) is 2.96. The average Bonchev–Trinajstić information content (AvgIpc) is 2.47. The third-order valence-corrected chi connectivity index (χ3v) is 3.02. The molecule has 0 aromatic carbocycles. The van der Waals surface area contributed by atoms with Gasteiger partial charge in [-0.15, -0.1) is 0 Å². The molecule has 0 radical (unpaired) electrons. The Morgan fingerprint density at radius 3 is 2.71 bits per heavy atom. The molecule has 0 aliphatic heterocycles. The number of rotatable bonds is 5. The molecular formula is C14H16N4O3. The summed E-state index contributed by atoms with van der Waals surface area (Å²) in [6.07, 6.45) is 1.33. The van der Waals surface area contributed by atoms with Crippen molar-refractivity contribution in [3.8, 4) is 0 Å². The zero-order valence-electron chi connectivity index (χ0n) is 11.9. The SMILES string of the molecule is CCN=NCc1ccc2c(=O)c(C(=O)O)cn(CC)c2n1. The van der Waals surface area contributed by atoms with Crippen molar-refractivity contribution in [2.24, 2.45) is 10.2 Å². The van der Waals surface area contributed by atoms with Crippen molar-refractivity contribution in [3.63, 3.8) is 0 Å². The van der Waals surface area contributed by atoms with E-state index >= 15 is 0 Å². The van der Waals surface area contributed by atoms with E-state index in [1.165, 1.54) is 6.20 Å². The molecule has 7 nitrogen and oxygen atoms in total. The van der Waals surface area contributed by atoms with Gasteiger partial charge in [0.25, 0.3) is 0 Å². The maximum atomic E-state index is 12.1. The maximum absolute atomic E-state index is 12.1. The summed E-state index contributed by atoms with van der Waals surface area (Å²) in [5, 5.41) is 17.2. The van der Waals surface area contributed by atoms with Crippen LogP contribution in [-0.2, 0) is 13.1 Å². The van der Waals surface area contributed by atoms with Gasteiger partial charge in [-0.3, -0.25) is 4.79 Å². The number of aromatic carboxylic acids is 1. The first-order valence-electron chi connectivity index (χ1n) is 6.68. The van der Waals surface area contributed by atoms with Gasteiger partial charge < -0.3 is 9.67 Å². The van der Waals surface area contributed by atoms with E-state index in [1.807, 2.05) is 13.8 Å².